The average Bonchev–Trinajstić information content (AvgIpc) is 2.61. The molecule has 3 heteroatoms. The van der Waals surface area contributed by atoms with Crippen LogP contribution in [0.3, 0.4) is 0 Å². The number of aryl methyl sites for hydroxylation is 2. The topological polar surface area (TPSA) is 43.8 Å². The second kappa shape index (κ2) is 8.16. The van der Waals surface area contributed by atoms with Gasteiger partial charge in [-0.3, -0.25) is 4.68 Å². The number of hydrogen-bond acceptors (Lipinski definition) is 2. The van der Waals surface area contributed by atoms with E-state index in [0.29, 0.717) is 6.04 Å². The molecule has 108 valence electrons. The Morgan fingerprint density at radius 1 is 1.26 bits per heavy atom. The van der Waals surface area contributed by atoms with E-state index in [0.717, 1.165) is 31.4 Å². The van der Waals surface area contributed by atoms with Gasteiger partial charge in [-0.05, 0) is 51.5 Å². The first kappa shape index (κ1) is 16.0. The van der Waals surface area contributed by atoms with E-state index in [1.807, 2.05) is 17.8 Å². The fraction of sp³-hybridized carbons (Fsp3) is 0.688. The molecule has 0 aliphatic heterocycles. The first-order chi connectivity index (χ1) is 9.06. The fourth-order valence-electron chi connectivity index (χ4n) is 2.53. The lowest BCUT2D eigenvalue weighted by atomic mass is 10.00. The van der Waals surface area contributed by atoms with Crippen molar-refractivity contribution in [1.82, 2.24) is 9.78 Å². The summed E-state index contributed by atoms with van der Waals surface area (Å²) >= 11 is 0. The summed E-state index contributed by atoms with van der Waals surface area (Å²) in [4.78, 5) is 0. The standard InChI is InChI=1S/C16H29N3/c1-5-6-7-8-9-10-15(17)11-12-16-13(2)18-19(4)14(16)3/h5,15H,1,6-12,17H2,2-4H3. The molecule has 19 heavy (non-hydrogen) atoms. The highest BCUT2D eigenvalue weighted by molar-refractivity contribution is 5.24. The molecule has 1 aromatic heterocycles. The van der Waals surface area contributed by atoms with Crippen LogP contribution in [0.1, 0.15) is 55.5 Å². The van der Waals surface area contributed by atoms with Crippen LogP contribution in [0.4, 0.5) is 0 Å². The molecule has 0 amide bonds. The van der Waals surface area contributed by atoms with Crippen molar-refractivity contribution >= 4 is 0 Å². The van der Waals surface area contributed by atoms with Crippen LogP contribution < -0.4 is 5.73 Å². The van der Waals surface area contributed by atoms with Gasteiger partial charge in [-0.15, -0.1) is 6.58 Å². The Morgan fingerprint density at radius 2 is 2.00 bits per heavy atom. The highest BCUT2D eigenvalue weighted by Gasteiger charge is 2.11. The first-order valence-electron chi connectivity index (χ1n) is 7.41. The van der Waals surface area contributed by atoms with Crippen molar-refractivity contribution in [1.29, 1.82) is 0 Å². The Bertz CT molecular complexity index is 393. The number of aromatic nitrogens is 2. The number of nitrogens with two attached hydrogens (primary N) is 1. The van der Waals surface area contributed by atoms with Crippen LogP contribution >= 0.6 is 0 Å². The lowest BCUT2D eigenvalue weighted by Crippen LogP contribution is -2.20. The Morgan fingerprint density at radius 3 is 2.58 bits per heavy atom. The second-order valence-corrected chi connectivity index (χ2v) is 5.50. The summed E-state index contributed by atoms with van der Waals surface area (Å²) in [6.45, 7) is 7.96. The molecule has 0 saturated heterocycles. The zero-order valence-electron chi connectivity index (χ0n) is 12.8. The SMILES string of the molecule is C=CCCCCCC(N)CCc1c(C)nn(C)c1C. The van der Waals surface area contributed by atoms with E-state index in [9.17, 15) is 0 Å². The predicted octanol–water partition coefficient (Wildman–Crippen LogP) is 3.43. The number of allylic oxidation sites excluding steroid dienone is 1. The molecule has 0 aliphatic rings. The predicted molar refractivity (Wildman–Crippen MR) is 82.3 cm³/mol. The third-order valence-electron chi connectivity index (χ3n) is 3.91. The van der Waals surface area contributed by atoms with Crippen LogP contribution in [0.5, 0.6) is 0 Å². The molecule has 0 radical (unpaired) electrons. The van der Waals surface area contributed by atoms with Gasteiger partial charge in [0, 0.05) is 18.8 Å². The zero-order chi connectivity index (χ0) is 14.3. The lowest BCUT2D eigenvalue weighted by molar-refractivity contribution is 0.524. The molecule has 1 atom stereocenters. The Kier molecular flexibility index (Phi) is 6.85. The maximum absolute atomic E-state index is 6.20. The summed E-state index contributed by atoms with van der Waals surface area (Å²) in [6, 6.07) is 0.322. The van der Waals surface area contributed by atoms with Crippen molar-refractivity contribution in [3.8, 4) is 0 Å². The quantitative estimate of drug-likeness (QED) is 0.548. The third-order valence-corrected chi connectivity index (χ3v) is 3.91. The highest BCUT2D eigenvalue weighted by Crippen LogP contribution is 2.16. The van der Waals surface area contributed by atoms with Crippen molar-refractivity contribution in [3.63, 3.8) is 0 Å². The van der Waals surface area contributed by atoms with Crippen LogP contribution in [0.15, 0.2) is 12.7 Å². The minimum absolute atomic E-state index is 0.322. The largest absolute Gasteiger partial charge is 0.328 e. The van der Waals surface area contributed by atoms with Gasteiger partial charge in [0.2, 0.25) is 0 Å². The van der Waals surface area contributed by atoms with Crippen molar-refractivity contribution in [3.05, 3.63) is 29.6 Å². The molecule has 1 heterocycles. The maximum Gasteiger partial charge on any atom is 0.0628 e. The molecular formula is C16H29N3. The second-order valence-electron chi connectivity index (χ2n) is 5.50. The van der Waals surface area contributed by atoms with Crippen LogP contribution in [0.25, 0.3) is 0 Å². The van der Waals surface area contributed by atoms with Gasteiger partial charge in [-0.25, -0.2) is 0 Å². The molecule has 0 spiro atoms. The molecular weight excluding hydrogens is 234 g/mol. The normalized spacial score (nSPS) is 12.6. The van der Waals surface area contributed by atoms with Gasteiger partial charge in [0.1, 0.15) is 0 Å². The fourth-order valence-corrected chi connectivity index (χ4v) is 2.53. The van der Waals surface area contributed by atoms with Crippen molar-refractivity contribution in [2.45, 2.75) is 64.8 Å². The van der Waals surface area contributed by atoms with Gasteiger partial charge in [0.25, 0.3) is 0 Å². The number of unbranched alkanes of at least 4 members (excludes halogenated alkanes) is 3. The monoisotopic (exact) mass is 263 g/mol. The van der Waals surface area contributed by atoms with Gasteiger partial charge >= 0.3 is 0 Å². The van der Waals surface area contributed by atoms with Crippen LogP contribution in [-0.2, 0) is 13.5 Å². The number of rotatable bonds is 9. The number of nitrogens with zero attached hydrogens (tertiary/aromatic N) is 2. The summed E-state index contributed by atoms with van der Waals surface area (Å²) in [6.07, 6.45) is 10.1. The molecule has 1 unspecified atom stereocenters. The lowest BCUT2D eigenvalue weighted by Gasteiger charge is -2.11. The van der Waals surface area contributed by atoms with Crippen molar-refractivity contribution in [2.24, 2.45) is 12.8 Å². The Labute approximate surface area is 117 Å². The third kappa shape index (κ3) is 5.19. The van der Waals surface area contributed by atoms with E-state index in [1.54, 1.807) is 0 Å². The maximum atomic E-state index is 6.20. The zero-order valence-corrected chi connectivity index (χ0v) is 12.8. The molecule has 0 saturated carbocycles. The van der Waals surface area contributed by atoms with Crippen molar-refractivity contribution in [2.75, 3.05) is 0 Å². The van der Waals surface area contributed by atoms with E-state index >= 15 is 0 Å². The molecule has 0 aromatic carbocycles. The summed E-state index contributed by atoms with van der Waals surface area (Å²) in [5.74, 6) is 0. The molecule has 1 aromatic rings. The van der Waals surface area contributed by atoms with E-state index in [4.69, 9.17) is 5.73 Å². The smallest absolute Gasteiger partial charge is 0.0628 e. The molecule has 0 fully saturated rings. The van der Waals surface area contributed by atoms with E-state index in [1.165, 1.54) is 30.5 Å². The minimum atomic E-state index is 0.322. The van der Waals surface area contributed by atoms with Gasteiger partial charge in [-0.1, -0.05) is 18.9 Å². The van der Waals surface area contributed by atoms with Crippen LogP contribution in [-0.4, -0.2) is 15.8 Å². The van der Waals surface area contributed by atoms with E-state index < -0.39 is 0 Å². The Balaban J connectivity index is 2.26. The highest BCUT2D eigenvalue weighted by atomic mass is 15.3. The van der Waals surface area contributed by atoms with E-state index in [2.05, 4.69) is 25.5 Å². The average molecular weight is 263 g/mol. The Hall–Kier alpha value is -1.09. The summed E-state index contributed by atoms with van der Waals surface area (Å²) in [5, 5.41) is 4.45. The van der Waals surface area contributed by atoms with Crippen molar-refractivity contribution < 1.29 is 0 Å². The summed E-state index contributed by atoms with van der Waals surface area (Å²) in [7, 11) is 2.01. The molecule has 0 aliphatic carbocycles. The van der Waals surface area contributed by atoms with Crippen LogP contribution in [0, 0.1) is 13.8 Å². The molecule has 1 rings (SSSR count). The summed E-state index contributed by atoms with van der Waals surface area (Å²) in [5.41, 5.74) is 10.00. The molecule has 2 N–H and O–H groups in total. The first-order valence-corrected chi connectivity index (χ1v) is 7.41. The van der Waals surface area contributed by atoms with Gasteiger partial charge < -0.3 is 5.73 Å². The molecule has 0 bridgehead atoms. The van der Waals surface area contributed by atoms with Crippen LogP contribution in [0.2, 0.25) is 0 Å². The van der Waals surface area contributed by atoms with E-state index in [-0.39, 0.29) is 0 Å². The minimum Gasteiger partial charge on any atom is -0.328 e. The number of hydrogen-bond donors (Lipinski definition) is 1. The molecule has 3 nitrogen and oxygen atoms in total. The summed E-state index contributed by atoms with van der Waals surface area (Å²) < 4.78 is 1.96. The van der Waals surface area contributed by atoms with Gasteiger partial charge in [0.15, 0.2) is 0 Å². The van der Waals surface area contributed by atoms with Gasteiger partial charge in [0.05, 0.1) is 5.69 Å². The van der Waals surface area contributed by atoms with Gasteiger partial charge in [-0.2, -0.15) is 5.10 Å².